The van der Waals surface area contributed by atoms with Gasteiger partial charge in [0.25, 0.3) is 0 Å². The minimum Gasteiger partial charge on any atom is -0.397 e. The van der Waals surface area contributed by atoms with Gasteiger partial charge in [-0.2, -0.15) is 0 Å². The Kier molecular flexibility index (Phi) is 2.55. The molecule has 0 unspecified atom stereocenters. The molecule has 0 radical (unpaired) electrons. The fourth-order valence-corrected chi connectivity index (χ4v) is 2.26. The normalized spacial score (nSPS) is 12.0. The summed E-state index contributed by atoms with van der Waals surface area (Å²) in [5, 5.41) is 1.71. The molecular weight excluding hydrogens is 220 g/mol. The van der Waals surface area contributed by atoms with Crippen LogP contribution in [0.5, 0.6) is 0 Å². The maximum atomic E-state index is 6.13. The van der Waals surface area contributed by atoms with Gasteiger partial charge in [-0.05, 0) is 17.0 Å². The number of nitrogen functional groups attached to an aromatic ring is 1. The molecule has 0 aliphatic rings. The summed E-state index contributed by atoms with van der Waals surface area (Å²) in [6, 6.07) is 5.80. The Labute approximate surface area is 100 Å². The average Bonchev–Trinajstić information content (AvgIpc) is 2.15. The standard InChI is InChI=1S/C13H15ClN2/c1-13(2,3)11-8-5-4-6-9(14)12(8)16-7-10(11)15/h4-7H,15H2,1-3H3. The quantitative estimate of drug-likeness (QED) is 0.754. The van der Waals surface area contributed by atoms with Gasteiger partial charge in [0.15, 0.2) is 0 Å². The van der Waals surface area contributed by atoms with Gasteiger partial charge >= 0.3 is 0 Å². The second-order valence-corrected chi connectivity index (χ2v) is 5.38. The van der Waals surface area contributed by atoms with E-state index in [1.165, 1.54) is 0 Å². The van der Waals surface area contributed by atoms with Crippen LogP contribution in [0, 0.1) is 0 Å². The van der Waals surface area contributed by atoms with Crippen molar-refractivity contribution in [2.24, 2.45) is 0 Å². The highest BCUT2D eigenvalue weighted by atomic mass is 35.5. The zero-order chi connectivity index (χ0) is 11.9. The molecule has 1 heterocycles. The van der Waals surface area contributed by atoms with Gasteiger partial charge < -0.3 is 5.73 Å². The van der Waals surface area contributed by atoms with Crippen molar-refractivity contribution in [2.45, 2.75) is 26.2 Å². The second kappa shape index (κ2) is 3.63. The Hall–Kier alpha value is -1.28. The van der Waals surface area contributed by atoms with E-state index in [2.05, 4.69) is 25.8 Å². The highest BCUT2D eigenvalue weighted by Gasteiger charge is 2.20. The number of fused-ring (bicyclic) bond motifs is 1. The third-order valence-corrected chi connectivity index (χ3v) is 2.93. The van der Waals surface area contributed by atoms with E-state index < -0.39 is 0 Å². The molecule has 1 aromatic heterocycles. The Morgan fingerprint density at radius 3 is 2.56 bits per heavy atom. The van der Waals surface area contributed by atoms with Gasteiger partial charge in [0.2, 0.25) is 0 Å². The second-order valence-electron chi connectivity index (χ2n) is 4.97. The lowest BCUT2D eigenvalue weighted by Gasteiger charge is -2.23. The van der Waals surface area contributed by atoms with Crippen molar-refractivity contribution >= 4 is 28.2 Å². The molecule has 0 amide bonds. The van der Waals surface area contributed by atoms with Crippen molar-refractivity contribution in [1.29, 1.82) is 0 Å². The molecule has 0 aliphatic heterocycles. The van der Waals surface area contributed by atoms with Crippen LogP contribution in [0.3, 0.4) is 0 Å². The maximum Gasteiger partial charge on any atom is 0.0892 e. The number of rotatable bonds is 0. The van der Waals surface area contributed by atoms with Crippen LogP contribution in [-0.4, -0.2) is 4.98 Å². The first kappa shape index (κ1) is 11.2. The predicted molar refractivity (Wildman–Crippen MR) is 69.9 cm³/mol. The smallest absolute Gasteiger partial charge is 0.0892 e. The number of nitrogens with two attached hydrogens (primary N) is 1. The SMILES string of the molecule is CC(C)(C)c1c(N)cnc2c(Cl)cccc12. The Morgan fingerprint density at radius 2 is 1.94 bits per heavy atom. The Balaban J connectivity index is 2.91. The van der Waals surface area contributed by atoms with Gasteiger partial charge in [0.05, 0.1) is 22.4 Å². The fraction of sp³-hybridized carbons (Fsp3) is 0.308. The van der Waals surface area contributed by atoms with Gasteiger partial charge in [-0.15, -0.1) is 0 Å². The van der Waals surface area contributed by atoms with Crippen LogP contribution >= 0.6 is 11.6 Å². The predicted octanol–water partition coefficient (Wildman–Crippen LogP) is 3.77. The van der Waals surface area contributed by atoms with Crippen molar-refractivity contribution in [1.82, 2.24) is 4.98 Å². The molecule has 0 atom stereocenters. The van der Waals surface area contributed by atoms with Crippen LogP contribution in [0.4, 0.5) is 5.69 Å². The molecule has 1 aromatic carbocycles. The molecule has 0 saturated heterocycles. The summed E-state index contributed by atoms with van der Waals surface area (Å²) in [6.07, 6.45) is 1.69. The molecule has 16 heavy (non-hydrogen) atoms. The van der Waals surface area contributed by atoms with Crippen LogP contribution in [0.15, 0.2) is 24.4 Å². The first-order valence-electron chi connectivity index (χ1n) is 5.24. The monoisotopic (exact) mass is 234 g/mol. The van der Waals surface area contributed by atoms with E-state index in [1.54, 1.807) is 6.20 Å². The van der Waals surface area contributed by atoms with Crippen molar-refractivity contribution in [3.05, 3.63) is 35.0 Å². The molecule has 0 aliphatic carbocycles. The summed E-state index contributed by atoms with van der Waals surface area (Å²) in [5.74, 6) is 0. The minimum absolute atomic E-state index is 0.0179. The number of pyridine rings is 1. The maximum absolute atomic E-state index is 6.13. The molecule has 2 rings (SSSR count). The van der Waals surface area contributed by atoms with E-state index >= 15 is 0 Å². The molecule has 0 saturated carbocycles. The zero-order valence-electron chi connectivity index (χ0n) is 9.71. The summed E-state index contributed by atoms with van der Waals surface area (Å²) in [5.41, 5.74) is 8.66. The molecule has 0 bridgehead atoms. The van der Waals surface area contributed by atoms with Crippen molar-refractivity contribution in [3.8, 4) is 0 Å². The highest BCUT2D eigenvalue weighted by Crippen LogP contribution is 2.35. The number of para-hydroxylation sites is 1. The number of benzene rings is 1. The van der Waals surface area contributed by atoms with Crippen molar-refractivity contribution in [3.63, 3.8) is 0 Å². The highest BCUT2D eigenvalue weighted by molar-refractivity contribution is 6.35. The molecule has 2 nitrogen and oxygen atoms in total. The van der Waals surface area contributed by atoms with Crippen LogP contribution in [0.1, 0.15) is 26.3 Å². The van der Waals surface area contributed by atoms with Crippen LogP contribution < -0.4 is 5.73 Å². The number of anilines is 1. The minimum atomic E-state index is -0.0179. The average molecular weight is 235 g/mol. The van der Waals surface area contributed by atoms with Crippen molar-refractivity contribution in [2.75, 3.05) is 5.73 Å². The molecule has 84 valence electrons. The van der Waals surface area contributed by atoms with Crippen LogP contribution in [0.2, 0.25) is 5.02 Å². The lowest BCUT2D eigenvalue weighted by molar-refractivity contribution is 0.597. The third-order valence-electron chi connectivity index (χ3n) is 2.63. The summed E-state index contributed by atoms with van der Waals surface area (Å²) < 4.78 is 0. The third kappa shape index (κ3) is 1.74. The first-order valence-corrected chi connectivity index (χ1v) is 5.62. The largest absolute Gasteiger partial charge is 0.397 e. The Bertz CT molecular complexity index is 541. The summed E-state index contributed by atoms with van der Waals surface area (Å²) in [7, 11) is 0. The summed E-state index contributed by atoms with van der Waals surface area (Å²) >= 11 is 6.13. The van der Waals surface area contributed by atoms with Gasteiger partial charge in [-0.3, -0.25) is 4.98 Å². The van der Waals surface area contributed by atoms with E-state index in [9.17, 15) is 0 Å². The van der Waals surface area contributed by atoms with Gasteiger partial charge in [-0.1, -0.05) is 44.5 Å². The lowest BCUT2D eigenvalue weighted by atomic mass is 9.84. The molecule has 0 spiro atoms. The Morgan fingerprint density at radius 1 is 1.25 bits per heavy atom. The molecule has 0 fully saturated rings. The van der Waals surface area contributed by atoms with E-state index in [0.717, 1.165) is 22.2 Å². The topological polar surface area (TPSA) is 38.9 Å². The van der Waals surface area contributed by atoms with E-state index in [1.807, 2.05) is 18.2 Å². The molecule has 2 aromatic rings. The molecule has 3 heteroatoms. The van der Waals surface area contributed by atoms with E-state index in [0.29, 0.717) is 5.02 Å². The van der Waals surface area contributed by atoms with Crippen molar-refractivity contribution < 1.29 is 0 Å². The van der Waals surface area contributed by atoms with Crippen LogP contribution in [-0.2, 0) is 5.41 Å². The number of aromatic nitrogens is 1. The van der Waals surface area contributed by atoms with E-state index in [-0.39, 0.29) is 5.41 Å². The van der Waals surface area contributed by atoms with Gasteiger partial charge in [0.1, 0.15) is 0 Å². The number of halogens is 1. The van der Waals surface area contributed by atoms with E-state index in [4.69, 9.17) is 17.3 Å². The number of hydrogen-bond acceptors (Lipinski definition) is 2. The fourth-order valence-electron chi connectivity index (χ4n) is 2.04. The number of nitrogens with zero attached hydrogens (tertiary/aromatic N) is 1. The van der Waals surface area contributed by atoms with Gasteiger partial charge in [-0.25, -0.2) is 0 Å². The summed E-state index contributed by atoms with van der Waals surface area (Å²) in [4.78, 5) is 4.30. The molecule has 2 N–H and O–H groups in total. The van der Waals surface area contributed by atoms with Gasteiger partial charge in [0, 0.05) is 5.39 Å². The lowest BCUT2D eigenvalue weighted by Crippen LogP contribution is -2.15. The zero-order valence-corrected chi connectivity index (χ0v) is 10.5. The summed E-state index contributed by atoms with van der Waals surface area (Å²) in [6.45, 7) is 6.41. The number of hydrogen-bond donors (Lipinski definition) is 1. The molecular formula is C13H15ClN2. The van der Waals surface area contributed by atoms with Crippen LogP contribution in [0.25, 0.3) is 10.9 Å². The first-order chi connectivity index (χ1) is 7.41.